The molecule has 0 saturated heterocycles. The van der Waals surface area contributed by atoms with Gasteiger partial charge in [-0.05, 0) is 13.3 Å². The molecule has 1 aromatic rings. The van der Waals surface area contributed by atoms with E-state index >= 15 is 0 Å². The molecule has 0 aliphatic carbocycles. The lowest BCUT2D eigenvalue weighted by atomic mass is 10.4. The molecule has 0 atom stereocenters. The van der Waals surface area contributed by atoms with Crippen molar-refractivity contribution in [1.29, 1.82) is 0 Å². The standard InChI is InChI=1S/C8H12ClN3/c1-7-8(11-4-2-3-9)12-6-5-10-7/h5-6H,2-4H2,1H3,(H,11,12). The number of hydrogen-bond donors (Lipinski definition) is 1. The number of aryl methyl sites for hydroxylation is 1. The summed E-state index contributed by atoms with van der Waals surface area (Å²) in [5.41, 5.74) is 0.923. The molecule has 0 aromatic carbocycles. The van der Waals surface area contributed by atoms with Gasteiger partial charge in [0.05, 0.1) is 5.69 Å². The summed E-state index contributed by atoms with van der Waals surface area (Å²) in [6.07, 6.45) is 4.30. The highest BCUT2D eigenvalue weighted by Crippen LogP contribution is 2.05. The molecule has 1 heterocycles. The summed E-state index contributed by atoms with van der Waals surface area (Å²) < 4.78 is 0. The maximum Gasteiger partial charge on any atom is 0.147 e. The summed E-state index contributed by atoms with van der Waals surface area (Å²) in [6, 6.07) is 0. The van der Waals surface area contributed by atoms with Crippen LogP contribution in [-0.4, -0.2) is 22.4 Å². The molecule has 0 amide bonds. The van der Waals surface area contributed by atoms with Crippen molar-refractivity contribution in [2.24, 2.45) is 0 Å². The lowest BCUT2D eigenvalue weighted by Crippen LogP contribution is -2.05. The smallest absolute Gasteiger partial charge is 0.147 e. The van der Waals surface area contributed by atoms with Gasteiger partial charge in [0.1, 0.15) is 5.82 Å². The number of anilines is 1. The van der Waals surface area contributed by atoms with Crippen LogP contribution in [-0.2, 0) is 0 Å². The average Bonchev–Trinajstić information content (AvgIpc) is 2.09. The third-order valence-electron chi connectivity index (χ3n) is 1.48. The number of aromatic nitrogens is 2. The summed E-state index contributed by atoms with van der Waals surface area (Å²) in [7, 11) is 0. The number of alkyl halides is 1. The van der Waals surface area contributed by atoms with E-state index in [1.54, 1.807) is 12.4 Å². The Morgan fingerprint density at radius 3 is 2.83 bits per heavy atom. The fraction of sp³-hybridized carbons (Fsp3) is 0.500. The van der Waals surface area contributed by atoms with E-state index in [-0.39, 0.29) is 0 Å². The van der Waals surface area contributed by atoms with E-state index in [1.165, 1.54) is 0 Å². The Labute approximate surface area is 77.2 Å². The number of nitrogens with one attached hydrogen (secondary N) is 1. The number of rotatable bonds is 4. The van der Waals surface area contributed by atoms with Crippen molar-refractivity contribution in [1.82, 2.24) is 9.97 Å². The van der Waals surface area contributed by atoms with Crippen LogP contribution < -0.4 is 5.32 Å². The van der Waals surface area contributed by atoms with Crippen LogP contribution in [0.1, 0.15) is 12.1 Å². The molecule has 0 aliphatic rings. The van der Waals surface area contributed by atoms with Gasteiger partial charge in [0.2, 0.25) is 0 Å². The quantitative estimate of drug-likeness (QED) is 0.575. The van der Waals surface area contributed by atoms with Crippen molar-refractivity contribution in [2.45, 2.75) is 13.3 Å². The summed E-state index contributed by atoms with van der Waals surface area (Å²) in [5, 5.41) is 3.16. The lowest BCUT2D eigenvalue weighted by Gasteiger charge is -2.04. The van der Waals surface area contributed by atoms with Crippen molar-refractivity contribution in [2.75, 3.05) is 17.7 Å². The van der Waals surface area contributed by atoms with E-state index in [0.717, 1.165) is 24.5 Å². The molecule has 1 rings (SSSR count). The highest BCUT2D eigenvalue weighted by molar-refractivity contribution is 6.17. The zero-order valence-corrected chi connectivity index (χ0v) is 7.80. The second-order valence-electron chi connectivity index (χ2n) is 2.46. The number of nitrogens with zero attached hydrogens (tertiary/aromatic N) is 2. The largest absolute Gasteiger partial charge is 0.369 e. The molecule has 1 aromatic heterocycles. The minimum Gasteiger partial charge on any atom is -0.369 e. The van der Waals surface area contributed by atoms with Crippen LogP contribution in [0.5, 0.6) is 0 Å². The average molecular weight is 186 g/mol. The highest BCUT2D eigenvalue weighted by atomic mass is 35.5. The van der Waals surface area contributed by atoms with Gasteiger partial charge in [-0.1, -0.05) is 0 Å². The minimum absolute atomic E-state index is 0.673. The number of hydrogen-bond acceptors (Lipinski definition) is 3. The predicted octanol–water partition coefficient (Wildman–Crippen LogP) is 1.83. The summed E-state index contributed by atoms with van der Waals surface area (Å²) in [6.45, 7) is 2.78. The van der Waals surface area contributed by atoms with Crippen LogP contribution in [0.3, 0.4) is 0 Å². The number of halogens is 1. The molecule has 0 saturated carbocycles. The maximum atomic E-state index is 5.53. The normalized spacial score (nSPS) is 9.83. The van der Waals surface area contributed by atoms with Gasteiger partial charge < -0.3 is 5.32 Å². The molecule has 4 heteroatoms. The van der Waals surface area contributed by atoms with Gasteiger partial charge in [-0.2, -0.15) is 0 Å². The van der Waals surface area contributed by atoms with Crippen LogP contribution in [0.4, 0.5) is 5.82 Å². The van der Waals surface area contributed by atoms with E-state index in [9.17, 15) is 0 Å². The van der Waals surface area contributed by atoms with Gasteiger partial charge in [0.15, 0.2) is 0 Å². The summed E-state index contributed by atoms with van der Waals surface area (Å²) >= 11 is 5.53. The van der Waals surface area contributed by atoms with Gasteiger partial charge in [-0.25, -0.2) is 4.98 Å². The Bertz CT molecular complexity index is 239. The third-order valence-corrected chi connectivity index (χ3v) is 1.75. The van der Waals surface area contributed by atoms with Gasteiger partial charge in [0, 0.05) is 24.8 Å². The topological polar surface area (TPSA) is 37.8 Å². The van der Waals surface area contributed by atoms with Crippen molar-refractivity contribution >= 4 is 17.4 Å². The molecule has 0 bridgehead atoms. The van der Waals surface area contributed by atoms with Crippen molar-refractivity contribution < 1.29 is 0 Å². The summed E-state index contributed by atoms with van der Waals surface area (Å²) in [4.78, 5) is 8.23. The lowest BCUT2D eigenvalue weighted by molar-refractivity contribution is 0.962. The second-order valence-corrected chi connectivity index (χ2v) is 2.84. The molecule has 12 heavy (non-hydrogen) atoms. The van der Waals surface area contributed by atoms with E-state index in [4.69, 9.17) is 11.6 Å². The Morgan fingerprint density at radius 2 is 2.17 bits per heavy atom. The van der Waals surface area contributed by atoms with Crippen LogP contribution in [0, 0.1) is 6.92 Å². The monoisotopic (exact) mass is 185 g/mol. The molecule has 0 fully saturated rings. The van der Waals surface area contributed by atoms with Crippen LogP contribution >= 0.6 is 11.6 Å². The molecule has 0 spiro atoms. The van der Waals surface area contributed by atoms with Crippen LogP contribution in [0.15, 0.2) is 12.4 Å². The van der Waals surface area contributed by atoms with Crippen molar-refractivity contribution in [3.8, 4) is 0 Å². The van der Waals surface area contributed by atoms with Gasteiger partial charge in [0.25, 0.3) is 0 Å². The van der Waals surface area contributed by atoms with Crippen LogP contribution in [0.25, 0.3) is 0 Å². The Kier molecular flexibility index (Phi) is 3.80. The first kappa shape index (κ1) is 9.26. The molecular formula is C8H12ClN3. The molecule has 1 N–H and O–H groups in total. The fourth-order valence-electron chi connectivity index (χ4n) is 0.855. The van der Waals surface area contributed by atoms with Gasteiger partial charge >= 0.3 is 0 Å². The van der Waals surface area contributed by atoms with Crippen molar-refractivity contribution in [3.63, 3.8) is 0 Å². The first-order valence-electron chi connectivity index (χ1n) is 3.92. The predicted molar refractivity (Wildman–Crippen MR) is 50.6 cm³/mol. The highest BCUT2D eigenvalue weighted by Gasteiger charge is 1.96. The first-order chi connectivity index (χ1) is 5.84. The Hall–Kier alpha value is -0.830. The zero-order valence-electron chi connectivity index (χ0n) is 7.05. The Balaban J connectivity index is 2.46. The Morgan fingerprint density at radius 1 is 1.42 bits per heavy atom. The molecular weight excluding hydrogens is 174 g/mol. The van der Waals surface area contributed by atoms with E-state index in [0.29, 0.717) is 5.88 Å². The maximum absolute atomic E-state index is 5.53. The SMILES string of the molecule is Cc1nccnc1NCCCCl. The first-order valence-corrected chi connectivity index (χ1v) is 4.45. The summed E-state index contributed by atoms with van der Waals surface area (Å²) in [5.74, 6) is 1.52. The van der Waals surface area contributed by atoms with Gasteiger partial charge in [-0.3, -0.25) is 4.98 Å². The molecule has 3 nitrogen and oxygen atoms in total. The van der Waals surface area contributed by atoms with E-state index in [1.807, 2.05) is 6.92 Å². The molecule has 0 aliphatic heterocycles. The molecule has 0 unspecified atom stereocenters. The van der Waals surface area contributed by atoms with Gasteiger partial charge in [-0.15, -0.1) is 11.6 Å². The van der Waals surface area contributed by atoms with Crippen molar-refractivity contribution in [3.05, 3.63) is 18.1 Å². The molecule has 66 valence electrons. The second kappa shape index (κ2) is 4.93. The molecule has 0 radical (unpaired) electrons. The minimum atomic E-state index is 0.673. The van der Waals surface area contributed by atoms with Crippen LogP contribution in [0.2, 0.25) is 0 Å². The zero-order chi connectivity index (χ0) is 8.81. The third kappa shape index (κ3) is 2.66. The fourth-order valence-corrected chi connectivity index (χ4v) is 0.988. The van der Waals surface area contributed by atoms with E-state index in [2.05, 4.69) is 15.3 Å². The van der Waals surface area contributed by atoms with E-state index < -0.39 is 0 Å².